The number of hydrogen-bond acceptors (Lipinski definition) is 4. The Balaban J connectivity index is 1.76. The zero-order valence-electron chi connectivity index (χ0n) is 16.2. The van der Waals surface area contributed by atoms with Crippen LogP contribution in [-0.4, -0.2) is 46.2 Å². The van der Waals surface area contributed by atoms with Gasteiger partial charge in [0.15, 0.2) is 0 Å². The highest BCUT2D eigenvalue weighted by atomic mass is 16.7. The molecule has 25 heavy (non-hydrogen) atoms. The number of likely N-dealkylation sites (tertiary alicyclic amines) is 1. The quantitative estimate of drug-likeness (QED) is 0.774. The van der Waals surface area contributed by atoms with Gasteiger partial charge in [-0.25, -0.2) is 0 Å². The van der Waals surface area contributed by atoms with Crippen molar-refractivity contribution in [2.24, 2.45) is 0 Å². The monoisotopic (exact) mass is 344 g/mol. The van der Waals surface area contributed by atoms with Crippen LogP contribution < -0.4 is 5.46 Å². The number of carbonyl (C=O) groups excluding carboxylic acids is 1. The molecular formula is C19H29BN2O3. The lowest BCUT2D eigenvalue weighted by molar-refractivity contribution is 0.00578. The Hall–Kier alpha value is -1.40. The molecule has 3 rings (SSSR count). The maximum absolute atomic E-state index is 12.9. The highest BCUT2D eigenvalue weighted by Crippen LogP contribution is 2.36. The first-order valence-corrected chi connectivity index (χ1v) is 9.26. The van der Waals surface area contributed by atoms with Crippen LogP contribution in [-0.2, 0) is 9.31 Å². The molecule has 0 bridgehead atoms. The van der Waals surface area contributed by atoms with Crippen LogP contribution in [0.2, 0.25) is 0 Å². The Morgan fingerprint density at radius 3 is 2.16 bits per heavy atom. The molecule has 2 aliphatic heterocycles. The molecule has 136 valence electrons. The summed E-state index contributed by atoms with van der Waals surface area (Å²) < 4.78 is 12.1. The summed E-state index contributed by atoms with van der Waals surface area (Å²) in [7, 11) is -0.450. The minimum Gasteiger partial charge on any atom is -0.399 e. The van der Waals surface area contributed by atoms with Gasteiger partial charge in [0, 0.05) is 23.7 Å². The SMILES string of the molecule is C[C@@H]1CCC[C@H](C)N1C(=O)c1ccc(B2OC(C)(C)C(C)(C)O2)cn1. The predicted molar refractivity (Wildman–Crippen MR) is 98.9 cm³/mol. The normalized spacial score (nSPS) is 28.2. The van der Waals surface area contributed by atoms with E-state index < -0.39 is 7.12 Å². The molecule has 5 nitrogen and oxygen atoms in total. The zero-order chi connectivity index (χ0) is 18.4. The van der Waals surface area contributed by atoms with Crippen molar-refractivity contribution >= 4 is 18.5 Å². The third kappa shape index (κ3) is 3.34. The Kier molecular flexibility index (Phi) is 4.71. The maximum Gasteiger partial charge on any atom is 0.496 e. The lowest BCUT2D eigenvalue weighted by atomic mass is 9.80. The molecule has 0 aromatic carbocycles. The standard InChI is InChI=1S/C19H29BN2O3/c1-13-8-7-9-14(2)22(13)17(23)16-11-10-15(12-21-16)20-24-18(3,4)19(5,6)25-20/h10-14H,7-9H2,1-6H3/t13-,14+. The molecule has 0 saturated carbocycles. The summed E-state index contributed by atoms with van der Waals surface area (Å²) >= 11 is 0. The van der Waals surface area contributed by atoms with E-state index in [1.165, 1.54) is 6.42 Å². The number of piperidine rings is 1. The van der Waals surface area contributed by atoms with E-state index >= 15 is 0 Å². The third-order valence-electron chi connectivity index (χ3n) is 5.96. The number of rotatable bonds is 2. The number of hydrogen-bond donors (Lipinski definition) is 0. The Morgan fingerprint density at radius 2 is 1.68 bits per heavy atom. The van der Waals surface area contributed by atoms with Gasteiger partial charge in [-0.05, 0) is 66.9 Å². The summed E-state index contributed by atoms with van der Waals surface area (Å²) in [4.78, 5) is 19.2. The second kappa shape index (κ2) is 6.40. The van der Waals surface area contributed by atoms with E-state index in [9.17, 15) is 4.79 Å². The molecule has 2 fully saturated rings. The van der Waals surface area contributed by atoms with Gasteiger partial charge in [-0.3, -0.25) is 9.78 Å². The maximum atomic E-state index is 12.9. The van der Waals surface area contributed by atoms with E-state index in [0.29, 0.717) is 5.69 Å². The second-order valence-electron chi connectivity index (χ2n) is 8.41. The fourth-order valence-corrected chi connectivity index (χ4v) is 3.60. The van der Waals surface area contributed by atoms with Crippen molar-refractivity contribution in [3.05, 3.63) is 24.0 Å². The highest BCUT2D eigenvalue weighted by Gasteiger charge is 2.51. The van der Waals surface area contributed by atoms with Gasteiger partial charge in [-0.1, -0.05) is 6.07 Å². The molecule has 6 heteroatoms. The van der Waals surface area contributed by atoms with E-state index in [4.69, 9.17) is 9.31 Å². The van der Waals surface area contributed by atoms with Gasteiger partial charge in [0.05, 0.1) is 11.2 Å². The number of nitrogens with zero attached hydrogens (tertiary/aromatic N) is 2. The van der Waals surface area contributed by atoms with Gasteiger partial charge in [-0.2, -0.15) is 0 Å². The molecule has 0 unspecified atom stereocenters. The van der Waals surface area contributed by atoms with Gasteiger partial charge in [0.2, 0.25) is 0 Å². The molecule has 1 amide bonds. The van der Waals surface area contributed by atoms with Crippen LogP contribution in [0, 0.1) is 0 Å². The topological polar surface area (TPSA) is 51.7 Å². The van der Waals surface area contributed by atoms with Crippen LogP contribution in [0.1, 0.15) is 71.3 Å². The van der Waals surface area contributed by atoms with E-state index in [0.717, 1.165) is 18.3 Å². The Labute approximate surface area is 151 Å². The minimum absolute atomic E-state index is 0.0140. The van der Waals surface area contributed by atoms with Gasteiger partial charge in [0.1, 0.15) is 5.69 Å². The van der Waals surface area contributed by atoms with Gasteiger partial charge in [0.25, 0.3) is 5.91 Å². The third-order valence-corrected chi connectivity index (χ3v) is 5.96. The van der Waals surface area contributed by atoms with Crippen molar-refractivity contribution < 1.29 is 14.1 Å². The van der Waals surface area contributed by atoms with Crippen molar-refractivity contribution in [3.63, 3.8) is 0 Å². The van der Waals surface area contributed by atoms with E-state index in [1.807, 2.05) is 38.7 Å². The number of aromatic nitrogens is 1. The van der Waals surface area contributed by atoms with E-state index in [2.05, 4.69) is 18.8 Å². The van der Waals surface area contributed by atoms with Crippen LogP contribution >= 0.6 is 0 Å². The fourth-order valence-electron chi connectivity index (χ4n) is 3.60. The minimum atomic E-state index is -0.450. The molecule has 1 aromatic heterocycles. The van der Waals surface area contributed by atoms with Crippen LogP contribution in [0.3, 0.4) is 0 Å². The van der Waals surface area contributed by atoms with Crippen molar-refractivity contribution in [3.8, 4) is 0 Å². The van der Waals surface area contributed by atoms with Gasteiger partial charge in [-0.15, -0.1) is 0 Å². The first-order valence-electron chi connectivity index (χ1n) is 9.26. The fraction of sp³-hybridized carbons (Fsp3) is 0.684. The molecule has 0 radical (unpaired) electrons. The average molecular weight is 344 g/mol. The van der Waals surface area contributed by atoms with Crippen molar-refractivity contribution in [1.29, 1.82) is 0 Å². The van der Waals surface area contributed by atoms with Crippen LogP contribution in [0.25, 0.3) is 0 Å². The van der Waals surface area contributed by atoms with E-state index in [1.54, 1.807) is 12.3 Å². The first kappa shape index (κ1) is 18.4. The van der Waals surface area contributed by atoms with Crippen molar-refractivity contribution in [1.82, 2.24) is 9.88 Å². The lowest BCUT2D eigenvalue weighted by Gasteiger charge is -2.38. The summed E-state index contributed by atoms with van der Waals surface area (Å²) in [6, 6.07) is 4.21. The molecule has 2 atom stereocenters. The van der Waals surface area contributed by atoms with Crippen LogP contribution in [0.15, 0.2) is 18.3 Å². The summed E-state index contributed by atoms with van der Waals surface area (Å²) in [5, 5.41) is 0. The molecule has 0 spiro atoms. The number of amides is 1. The molecule has 1 aromatic rings. The highest BCUT2D eigenvalue weighted by molar-refractivity contribution is 6.62. The molecule has 3 heterocycles. The smallest absolute Gasteiger partial charge is 0.399 e. The summed E-state index contributed by atoms with van der Waals surface area (Å²) in [5.41, 5.74) is 0.561. The van der Waals surface area contributed by atoms with Gasteiger partial charge < -0.3 is 14.2 Å². The lowest BCUT2D eigenvalue weighted by Crippen LogP contribution is -2.47. The van der Waals surface area contributed by atoms with Crippen LogP contribution in [0.4, 0.5) is 0 Å². The second-order valence-corrected chi connectivity index (χ2v) is 8.41. The summed E-state index contributed by atoms with van der Waals surface area (Å²) in [6.07, 6.45) is 5.00. The van der Waals surface area contributed by atoms with Gasteiger partial charge >= 0.3 is 7.12 Å². The Morgan fingerprint density at radius 1 is 1.12 bits per heavy atom. The predicted octanol–water partition coefficient (Wildman–Crippen LogP) is 2.78. The van der Waals surface area contributed by atoms with Crippen molar-refractivity contribution in [2.75, 3.05) is 0 Å². The number of carbonyl (C=O) groups is 1. The molecule has 0 aliphatic carbocycles. The Bertz CT molecular complexity index is 619. The summed E-state index contributed by atoms with van der Waals surface area (Å²) in [5.74, 6) is 0.0140. The average Bonchev–Trinajstić information content (AvgIpc) is 2.75. The number of pyridine rings is 1. The molecule has 2 saturated heterocycles. The largest absolute Gasteiger partial charge is 0.496 e. The molecule has 0 N–H and O–H groups in total. The summed E-state index contributed by atoms with van der Waals surface area (Å²) in [6.45, 7) is 12.3. The van der Waals surface area contributed by atoms with E-state index in [-0.39, 0.29) is 29.2 Å². The zero-order valence-corrected chi connectivity index (χ0v) is 16.2. The first-order chi connectivity index (χ1) is 11.6. The van der Waals surface area contributed by atoms with Crippen molar-refractivity contribution in [2.45, 2.75) is 84.1 Å². The molecular weight excluding hydrogens is 315 g/mol. The van der Waals surface area contributed by atoms with Crippen LogP contribution in [0.5, 0.6) is 0 Å². The molecule has 2 aliphatic rings.